The highest BCUT2D eigenvalue weighted by atomic mass is 16.5. The molecule has 0 unspecified atom stereocenters. The highest BCUT2D eigenvalue weighted by molar-refractivity contribution is 6.12. The Morgan fingerprint density at radius 3 is 1.63 bits per heavy atom. The van der Waals surface area contributed by atoms with E-state index in [0.717, 1.165) is 105 Å². The van der Waals surface area contributed by atoms with Gasteiger partial charge in [0.05, 0.1) is 55.5 Å². The van der Waals surface area contributed by atoms with Gasteiger partial charge in [0.1, 0.15) is 29.0 Å². The highest BCUT2D eigenvalue weighted by Crippen LogP contribution is 2.39. The van der Waals surface area contributed by atoms with Crippen molar-refractivity contribution in [1.29, 1.82) is 0 Å². The number of nitrogens with zero attached hydrogens (tertiary/aromatic N) is 7. The van der Waals surface area contributed by atoms with Crippen molar-refractivity contribution in [3.8, 4) is 51.5 Å². The predicted octanol–water partition coefficient (Wildman–Crippen LogP) is 15.9. The second-order valence-electron chi connectivity index (χ2n) is 18.8. The molecular weight excluding hydrogens is 919 g/mol. The van der Waals surface area contributed by atoms with Crippen LogP contribution in [0, 0.1) is 20.0 Å². The molecule has 75 heavy (non-hydrogen) atoms. The van der Waals surface area contributed by atoms with Gasteiger partial charge in [0.25, 0.3) is 6.33 Å². The summed E-state index contributed by atoms with van der Waals surface area (Å²) in [7, 11) is 0. The van der Waals surface area contributed by atoms with Crippen LogP contribution in [0.25, 0.3) is 116 Å². The van der Waals surface area contributed by atoms with Crippen LogP contribution in [0.5, 0.6) is 11.5 Å². The summed E-state index contributed by atoms with van der Waals surface area (Å²) in [5, 5.41) is 6.33. The van der Waals surface area contributed by atoms with Crippen LogP contribution < -0.4 is 9.30 Å². The smallest absolute Gasteiger partial charge is 0.269 e. The molecule has 9 aromatic carbocycles. The number of rotatable bonds is 8. The molecule has 15 rings (SSSR count). The Hall–Kier alpha value is -10.1. The normalized spacial score (nSPS) is 13.4. The largest absolute Gasteiger partial charge is 0.458 e. The van der Waals surface area contributed by atoms with Gasteiger partial charge >= 0.3 is 0 Å². The van der Waals surface area contributed by atoms with Gasteiger partial charge in [0.15, 0.2) is 0 Å². The van der Waals surface area contributed by atoms with Crippen molar-refractivity contribution in [2.75, 3.05) is 0 Å². The minimum Gasteiger partial charge on any atom is -0.458 e. The summed E-state index contributed by atoms with van der Waals surface area (Å²) in [5.41, 5.74) is 10.6. The topological polar surface area (TPSA) is 58.6 Å². The molecular formula is C67H45N7O. The van der Waals surface area contributed by atoms with Gasteiger partial charge in [-0.25, -0.2) is 9.97 Å². The number of pyridine rings is 2. The number of imidazole rings is 1. The summed E-state index contributed by atoms with van der Waals surface area (Å²) < 4.78 is 66.9. The fourth-order valence-electron chi connectivity index (χ4n) is 11.1. The van der Waals surface area contributed by atoms with Crippen molar-refractivity contribution < 1.29 is 17.5 Å². The molecule has 6 heterocycles. The van der Waals surface area contributed by atoms with Crippen LogP contribution in [0.3, 0.4) is 0 Å². The molecule has 0 aliphatic rings. The van der Waals surface area contributed by atoms with Crippen LogP contribution in [0.15, 0.2) is 237 Å². The first kappa shape index (κ1) is 36.8. The minimum absolute atomic E-state index is 0.266. The summed E-state index contributed by atoms with van der Waals surface area (Å²) >= 11 is 0. The first-order valence-electron chi connectivity index (χ1n) is 27.8. The van der Waals surface area contributed by atoms with Gasteiger partial charge < -0.3 is 4.74 Å². The van der Waals surface area contributed by atoms with Crippen molar-refractivity contribution in [3.63, 3.8) is 0 Å². The van der Waals surface area contributed by atoms with Crippen LogP contribution in [-0.4, -0.2) is 28.2 Å². The highest BCUT2D eigenvalue weighted by Gasteiger charge is 2.22. The number of aromatic nitrogens is 7. The van der Waals surface area contributed by atoms with Crippen molar-refractivity contribution in [3.05, 3.63) is 254 Å². The van der Waals surface area contributed by atoms with Crippen LogP contribution in [0.2, 0.25) is 0 Å². The van der Waals surface area contributed by atoms with Gasteiger partial charge in [-0.2, -0.15) is 0 Å². The van der Waals surface area contributed by atoms with Gasteiger partial charge in [0, 0.05) is 52.8 Å². The van der Waals surface area contributed by atoms with E-state index in [1.807, 2.05) is 94.1 Å². The molecule has 0 spiro atoms. The molecule has 0 saturated carbocycles. The van der Waals surface area contributed by atoms with E-state index < -0.39 is 13.7 Å². The molecule has 6 aromatic heterocycles. The number of fused-ring (bicyclic) bond motifs is 10. The van der Waals surface area contributed by atoms with Gasteiger partial charge in [-0.1, -0.05) is 140 Å². The predicted molar refractivity (Wildman–Crippen MR) is 304 cm³/mol. The zero-order valence-corrected chi connectivity index (χ0v) is 40.1. The van der Waals surface area contributed by atoms with E-state index in [1.54, 1.807) is 0 Å². The molecule has 354 valence electrons. The molecule has 0 N–H and O–H groups in total. The maximum atomic E-state index is 8.38. The monoisotopic (exact) mass is 969 g/mol. The quantitative estimate of drug-likeness (QED) is 0.113. The van der Waals surface area contributed by atoms with E-state index in [2.05, 4.69) is 165 Å². The van der Waals surface area contributed by atoms with E-state index in [0.29, 0.717) is 17.0 Å². The van der Waals surface area contributed by atoms with E-state index in [9.17, 15) is 0 Å². The second kappa shape index (κ2) is 16.8. The average molecular weight is 970 g/mol. The first-order valence-corrected chi connectivity index (χ1v) is 24.8. The van der Waals surface area contributed by atoms with Gasteiger partial charge in [0.2, 0.25) is 0 Å². The SMILES string of the molecule is [2H]C([2H])([2H])c1cnc(-n2c3ccc(-c4ccccc4)cc3c3ccc(Oc4cccc(-n5[c-][n+](-c6cc(-n7c8ccccc8c8ccccc87)nc(-n7c8ccccc8c8ccccc87)c6)c6ccccc65)c4)cc32)cc1C([2H])([2H])[2H]. The first-order chi connectivity index (χ1) is 39.4. The molecule has 0 aliphatic heterocycles. The molecule has 0 bridgehead atoms. The van der Waals surface area contributed by atoms with E-state index in [4.69, 9.17) is 17.9 Å². The number of ether oxygens (including phenoxy) is 1. The standard InChI is InChI=1S/C67H45N7O/c1-43-35-65(68-41-44(43)2)74-61-34-31-46(45-17-4-3-5-18-45)36-56(61)55-33-32-50(40-64(55)74)75-49-20-16-19-47(37-49)70-42-71(63-30-15-14-29-62(63)70)48-38-66(72-57-25-10-6-21-51(57)52-22-7-11-26-58(52)72)69-67(39-48)73-59-27-12-8-23-53(59)54-24-9-13-28-60(54)73/h3-41H,1-2H3/i1D3,2D3. The number of hydrogen-bond donors (Lipinski definition) is 0. The fourth-order valence-corrected chi connectivity index (χ4v) is 11.1. The Morgan fingerprint density at radius 2 is 0.973 bits per heavy atom. The van der Waals surface area contributed by atoms with Gasteiger partial charge in [-0.05, 0) is 121 Å². The fraction of sp³-hybridized carbons (Fsp3) is 0.0299. The number of hydrogen-bond acceptors (Lipinski definition) is 3. The molecule has 0 atom stereocenters. The van der Waals surface area contributed by atoms with E-state index in [-0.39, 0.29) is 16.9 Å². The molecule has 0 saturated heterocycles. The number of aryl methyl sites for hydroxylation is 2. The van der Waals surface area contributed by atoms with Crippen molar-refractivity contribution >= 4 is 76.5 Å². The average Bonchev–Trinajstić information content (AvgIpc) is 4.42. The Balaban J connectivity index is 0.873. The van der Waals surface area contributed by atoms with Gasteiger partial charge in [-0.3, -0.25) is 22.8 Å². The summed E-state index contributed by atoms with van der Waals surface area (Å²) in [4.78, 5) is 10.2. The molecule has 8 heteroatoms. The van der Waals surface area contributed by atoms with E-state index in [1.165, 1.54) is 12.3 Å². The van der Waals surface area contributed by atoms with Gasteiger partial charge in [-0.15, -0.1) is 0 Å². The molecule has 0 radical (unpaired) electrons. The molecule has 0 amide bonds. The molecule has 8 nitrogen and oxygen atoms in total. The molecule has 0 aliphatic carbocycles. The Bertz CT molecular complexity index is 4790. The lowest BCUT2D eigenvalue weighted by Gasteiger charge is -2.15. The Morgan fingerprint density at radius 1 is 0.413 bits per heavy atom. The third-order valence-electron chi connectivity index (χ3n) is 14.5. The second-order valence-corrected chi connectivity index (χ2v) is 18.8. The zero-order chi connectivity index (χ0) is 54.7. The maximum absolute atomic E-state index is 8.38. The number of para-hydroxylation sites is 6. The lowest BCUT2D eigenvalue weighted by atomic mass is 10.0. The minimum atomic E-state index is -2.72. The van der Waals surface area contributed by atoms with Crippen LogP contribution in [-0.2, 0) is 0 Å². The lowest BCUT2D eigenvalue weighted by molar-refractivity contribution is -0.572. The van der Waals surface area contributed by atoms with Crippen LogP contribution >= 0.6 is 0 Å². The summed E-state index contributed by atoms with van der Waals surface area (Å²) in [6.07, 6.45) is 4.93. The van der Waals surface area contributed by atoms with E-state index >= 15 is 0 Å². The van der Waals surface area contributed by atoms with Crippen LogP contribution in [0.1, 0.15) is 19.4 Å². The summed E-state index contributed by atoms with van der Waals surface area (Å²) in [6.45, 7) is -5.40. The summed E-state index contributed by atoms with van der Waals surface area (Å²) in [6, 6.07) is 77.7. The van der Waals surface area contributed by atoms with Crippen molar-refractivity contribution in [2.45, 2.75) is 13.7 Å². The molecule has 0 fully saturated rings. The third kappa shape index (κ3) is 6.80. The van der Waals surface area contributed by atoms with Crippen molar-refractivity contribution in [2.24, 2.45) is 0 Å². The maximum Gasteiger partial charge on any atom is 0.269 e. The van der Waals surface area contributed by atoms with Crippen molar-refractivity contribution in [1.82, 2.24) is 28.2 Å². The lowest BCUT2D eigenvalue weighted by Crippen LogP contribution is -2.30. The summed E-state index contributed by atoms with van der Waals surface area (Å²) in [5.74, 6) is 2.86. The molecule has 15 aromatic rings. The zero-order valence-electron chi connectivity index (χ0n) is 46.1. The Labute approximate surface area is 439 Å². The Kier molecular flexibility index (Phi) is 8.23. The van der Waals surface area contributed by atoms with Crippen LogP contribution in [0.4, 0.5) is 0 Å². The number of benzene rings is 9. The third-order valence-corrected chi connectivity index (χ3v) is 14.5.